The van der Waals surface area contributed by atoms with Crippen LogP contribution in [0.4, 0.5) is 0 Å². The quantitative estimate of drug-likeness (QED) is 0.593. The zero-order valence-electron chi connectivity index (χ0n) is 7.58. The van der Waals surface area contributed by atoms with Gasteiger partial charge < -0.3 is 5.11 Å². The van der Waals surface area contributed by atoms with Crippen LogP contribution in [0.15, 0.2) is 12.2 Å². The first-order valence-corrected chi connectivity index (χ1v) is 5.21. The molecule has 2 rings (SSSR count). The van der Waals surface area contributed by atoms with E-state index in [1.165, 1.54) is 32.1 Å². The summed E-state index contributed by atoms with van der Waals surface area (Å²) < 4.78 is 0. The minimum absolute atomic E-state index is 0.402. The van der Waals surface area contributed by atoms with Crippen molar-refractivity contribution >= 4 is 0 Å². The van der Waals surface area contributed by atoms with Gasteiger partial charge in [-0.2, -0.15) is 0 Å². The molecular formula is C11H18O. The van der Waals surface area contributed by atoms with E-state index >= 15 is 0 Å². The molecule has 68 valence electrons. The van der Waals surface area contributed by atoms with Crippen LogP contribution in [0.5, 0.6) is 0 Å². The first-order valence-electron chi connectivity index (χ1n) is 5.21. The first kappa shape index (κ1) is 8.31. The molecule has 0 aliphatic heterocycles. The molecule has 0 aromatic rings. The minimum atomic E-state index is 0.402. The van der Waals surface area contributed by atoms with Gasteiger partial charge in [0.25, 0.3) is 0 Å². The lowest BCUT2D eigenvalue weighted by Crippen LogP contribution is -1.89. The van der Waals surface area contributed by atoms with Crippen LogP contribution in [0.1, 0.15) is 32.1 Å². The van der Waals surface area contributed by atoms with Crippen molar-refractivity contribution in [3.63, 3.8) is 0 Å². The fourth-order valence-corrected chi connectivity index (χ4v) is 2.50. The molecule has 0 aromatic carbocycles. The third-order valence-electron chi connectivity index (χ3n) is 3.38. The van der Waals surface area contributed by atoms with Crippen molar-refractivity contribution in [1.82, 2.24) is 0 Å². The maximum absolute atomic E-state index is 9.06. The van der Waals surface area contributed by atoms with Crippen LogP contribution in [0.25, 0.3) is 0 Å². The number of aliphatic hydroxyl groups is 1. The molecule has 0 radical (unpaired) electrons. The third kappa shape index (κ3) is 1.56. The largest absolute Gasteiger partial charge is 0.396 e. The molecule has 0 bridgehead atoms. The second kappa shape index (κ2) is 3.61. The van der Waals surface area contributed by atoms with Crippen molar-refractivity contribution in [2.45, 2.75) is 32.1 Å². The number of rotatable bonds is 1. The number of hydrogen-bond acceptors (Lipinski definition) is 1. The molecule has 12 heavy (non-hydrogen) atoms. The van der Waals surface area contributed by atoms with Gasteiger partial charge in [-0.15, -0.1) is 0 Å². The van der Waals surface area contributed by atoms with Crippen molar-refractivity contribution in [3.05, 3.63) is 12.2 Å². The fraction of sp³-hybridized carbons (Fsp3) is 0.818. The van der Waals surface area contributed by atoms with Gasteiger partial charge in [0.1, 0.15) is 0 Å². The molecule has 0 aromatic heterocycles. The Bertz CT molecular complexity index is 174. The van der Waals surface area contributed by atoms with Crippen molar-refractivity contribution in [2.24, 2.45) is 17.8 Å². The van der Waals surface area contributed by atoms with Gasteiger partial charge in [-0.1, -0.05) is 25.0 Å². The van der Waals surface area contributed by atoms with Crippen molar-refractivity contribution in [1.29, 1.82) is 0 Å². The average molecular weight is 166 g/mol. The van der Waals surface area contributed by atoms with Gasteiger partial charge in [0, 0.05) is 6.61 Å². The van der Waals surface area contributed by atoms with Crippen LogP contribution < -0.4 is 0 Å². The summed E-state index contributed by atoms with van der Waals surface area (Å²) in [4.78, 5) is 0. The van der Waals surface area contributed by atoms with Crippen LogP contribution in [-0.4, -0.2) is 11.7 Å². The van der Waals surface area contributed by atoms with E-state index in [-0.39, 0.29) is 0 Å². The van der Waals surface area contributed by atoms with E-state index in [0.29, 0.717) is 12.5 Å². The minimum Gasteiger partial charge on any atom is -0.396 e. The first-order chi connectivity index (χ1) is 5.93. The zero-order valence-corrected chi connectivity index (χ0v) is 7.58. The highest BCUT2D eigenvalue weighted by atomic mass is 16.3. The fourth-order valence-electron chi connectivity index (χ4n) is 2.50. The molecule has 1 saturated carbocycles. The van der Waals surface area contributed by atoms with Crippen LogP contribution in [-0.2, 0) is 0 Å². The third-order valence-corrected chi connectivity index (χ3v) is 3.38. The standard InChI is InChI=1S/C11H18O/c12-8-11-9-6-4-2-1-3-5-7-10(9)11/h4,6,9-12H,1-3,5,7-8H2/b6-4-/t9-,10+,11?/m1/s1. The summed E-state index contributed by atoms with van der Waals surface area (Å²) >= 11 is 0. The second-order valence-corrected chi connectivity index (χ2v) is 4.15. The van der Waals surface area contributed by atoms with E-state index in [4.69, 9.17) is 5.11 Å². The van der Waals surface area contributed by atoms with Gasteiger partial charge in [-0.25, -0.2) is 0 Å². The van der Waals surface area contributed by atoms with Gasteiger partial charge in [0.15, 0.2) is 0 Å². The lowest BCUT2D eigenvalue weighted by molar-refractivity contribution is 0.264. The van der Waals surface area contributed by atoms with Gasteiger partial charge in [-0.05, 0) is 37.0 Å². The maximum Gasteiger partial charge on any atom is 0.0467 e. The van der Waals surface area contributed by atoms with E-state index < -0.39 is 0 Å². The molecule has 1 heteroatoms. The molecule has 1 nitrogen and oxygen atoms in total. The van der Waals surface area contributed by atoms with Gasteiger partial charge in [-0.3, -0.25) is 0 Å². The molecule has 0 saturated heterocycles. The van der Waals surface area contributed by atoms with Crippen molar-refractivity contribution in [3.8, 4) is 0 Å². The SMILES string of the molecule is OCC1[C@H]2CCCCC/C=C\[C@@H]12. The normalized spacial score (nSPS) is 43.6. The Balaban J connectivity index is 1.92. The van der Waals surface area contributed by atoms with Crippen LogP contribution in [0.2, 0.25) is 0 Å². The van der Waals surface area contributed by atoms with Gasteiger partial charge >= 0.3 is 0 Å². The van der Waals surface area contributed by atoms with Crippen LogP contribution >= 0.6 is 0 Å². The molecule has 3 atom stereocenters. The summed E-state index contributed by atoms with van der Waals surface area (Å²) in [6.45, 7) is 0.402. The van der Waals surface area contributed by atoms with E-state index in [1.54, 1.807) is 0 Å². The molecule has 1 N–H and O–H groups in total. The molecule has 0 amide bonds. The molecular weight excluding hydrogens is 148 g/mol. The summed E-state index contributed by atoms with van der Waals surface area (Å²) in [7, 11) is 0. The predicted octanol–water partition coefficient (Wildman–Crippen LogP) is 2.36. The number of allylic oxidation sites excluding steroid dienone is 2. The van der Waals surface area contributed by atoms with Crippen molar-refractivity contribution < 1.29 is 5.11 Å². The molecule has 0 heterocycles. The molecule has 1 unspecified atom stereocenters. The lowest BCUT2D eigenvalue weighted by atomic mass is 10.1. The summed E-state index contributed by atoms with van der Waals surface area (Å²) in [6, 6.07) is 0. The van der Waals surface area contributed by atoms with E-state index in [1.807, 2.05) is 0 Å². The van der Waals surface area contributed by atoms with E-state index in [2.05, 4.69) is 12.2 Å². The van der Waals surface area contributed by atoms with Crippen LogP contribution in [0.3, 0.4) is 0 Å². The van der Waals surface area contributed by atoms with E-state index in [9.17, 15) is 0 Å². The summed E-state index contributed by atoms with van der Waals surface area (Å²) in [5, 5.41) is 9.06. The van der Waals surface area contributed by atoms with Gasteiger partial charge in [0.05, 0.1) is 0 Å². The highest BCUT2D eigenvalue weighted by Crippen LogP contribution is 2.50. The van der Waals surface area contributed by atoms with Crippen molar-refractivity contribution in [2.75, 3.05) is 6.61 Å². The number of hydrogen-bond donors (Lipinski definition) is 1. The summed E-state index contributed by atoms with van der Waals surface area (Å²) in [5.41, 5.74) is 0. The van der Waals surface area contributed by atoms with Gasteiger partial charge in [0.2, 0.25) is 0 Å². The second-order valence-electron chi connectivity index (χ2n) is 4.15. The Morgan fingerprint density at radius 2 is 2.17 bits per heavy atom. The van der Waals surface area contributed by atoms with E-state index in [0.717, 1.165) is 11.8 Å². The highest BCUT2D eigenvalue weighted by molar-refractivity contribution is 5.08. The monoisotopic (exact) mass is 166 g/mol. The number of aliphatic hydroxyl groups excluding tert-OH is 1. The Hall–Kier alpha value is -0.300. The molecule has 2 aliphatic carbocycles. The average Bonchev–Trinajstić information content (AvgIpc) is 2.73. The highest BCUT2D eigenvalue weighted by Gasteiger charge is 2.46. The maximum atomic E-state index is 9.06. The Morgan fingerprint density at radius 1 is 1.25 bits per heavy atom. The molecule has 2 aliphatic rings. The van der Waals surface area contributed by atoms with Crippen LogP contribution in [0, 0.1) is 17.8 Å². The Labute approximate surface area is 74.5 Å². The Kier molecular flexibility index (Phi) is 2.50. The summed E-state index contributed by atoms with van der Waals surface area (Å²) in [6.07, 6.45) is 11.4. The smallest absolute Gasteiger partial charge is 0.0467 e. The molecule has 1 fully saturated rings. The predicted molar refractivity (Wildman–Crippen MR) is 49.8 cm³/mol. The number of fused-ring (bicyclic) bond motifs is 1. The molecule has 0 spiro atoms. The Morgan fingerprint density at radius 3 is 3.00 bits per heavy atom. The zero-order chi connectivity index (χ0) is 8.39. The lowest BCUT2D eigenvalue weighted by Gasteiger charge is -1.97. The summed E-state index contributed by atoms with van der Waals surface area (Å²) in [5.74, 6) is 2.16. The topological polar surface area (TPSA) is 20.2 Å².